The zero-order valence-electron chi connectivity index (χ0n) is 11.9. The van der Waals surface area contributed by atoms with Gasteiger partial charge in [-0.25, -0.2) is 0 Å². The largest absolute Gasteiger partial charge is 0.508 e. The van der Waals surface area contributed by atoms with E-state index in [4.69, 9.17) is 0 Å². The first-order valence-electron chi connectivity index (χ1n) is 6.91. The van der Waals surface area contributed by atoms with Crippen molar-refractivity contribution >= 4 is 17.7 Å². The molecule has 1 heterocycles. The Labute approximate surface area is 128 Å². The number of hydrogen-bond acceptors (Lipinski definition) is 3. The number of carbonyl (C=O) groups excluding carboxylic acids is 1. The number of carbonyl (C=O) groups is 1. The maximum absolute atomic E-state index is 12.6. The van der Waals surface area contributed by atoms with E-state index in [0.717, 1.165) is 29.0 Å². The molecular formula is C17H17NO2S. The summed E-state index contributed by atoms with van der Waals surface area (Å²) < 4.78 is 0. The summed E-state index contributed by atoms with van der Waals surface area (Å²) in [7, 11) is 0. The molecule has 0 saturated carbocycles. The number of thioether (sulfide) groups is 1. The first kappa shape index (κ1) is 14.0. The number of nitrogens with zero attached hydrogens (tertiary/aromatic N) is 1. The van der Waals surface area contributed by atoms with E-state index in [2.05, 4.69) is 0 Å². The van der Waals surface area contributed by atoms with Gasteiger partial charge in [0.05, 0.1) is 0 Å². The minimum Gasteiger partial charge on any atom is -0.508 e. The Balaban J connectivity index is 1.79. The summed E-state index contributed by atoms with van der Waals surface area (Å²) in [6.45, 7) is 1.29. The van der Waals surface area contributed by atoms with E-state index in [1.807, 2.05) is 41.5 Å². The zero-order chi connectivity index (χ0) is 14.8. The second kappa shape index (κ2) is 5.82. The van der Waals surface area contributed by atoms with Crippen LogP contribution in [0.1, 0.15) is 21.5 Å². The molecule has 1 amide bonds. The van der Waals surface area contributed by atoms with Crippen LogP contribution >= 0.6 is 11.8 Å². The predicted octanol–water partition coefficient (Wildman–Crippen LogP) is 3.31. The van der Waals surface area contributed by atoms with Gasteiger partial charge in [-0.05, 0) is 60.2 Å². The highest BCUT2D eigenvalue weighted by molar-refractivity contribution is 7.98. The lowest BCUT2D eigenvalue weighted by atomic mass is 9.99. The molecule has 0 atom stereocenters. The van der Waals surface area contributed by atoms with Crippen LogP contribution in [0.25, 0.3) is 0 Å². The number of rotatable bonds is 2. The van der Waals surface area contributed by atoms with Gasteiger partial charge in [-0.3, -0.25) is 4.79 Å². The predicted molar refractivity (Wildman–Crippen MR) is 84.8 cm³/mol. The van der Waals surface area contributed by atoms with Crippen molar-refractivity contribution in [1.82, 2.24) is 4.90 Å². The smallest absolute Gasteiger partial charge is 0.254 e. The molecule has 108 valence electrons. The van der Waals surface area contributed by atoms with Gasteiger partial charge in [0.25, 0.3) is 5.91 Å². The lowest BCUT2D eigenvalue weighted by molar-refractivity contribution is 0.0734. The van der Waals surface area contributed by atoms with Gasteiger partial charge in [-0.2, -0.15) is 0 Å². The topological polar surface area (TPSA) is 40.5 Å². The normalized spacial score (nSPS) is 13.9. The molecule has 0 bridgehead atoms. The van der Waals surface area contributed by atoms with E-state index in [9.17, 15) is 9.90 Å². The van der Waals surface area contributed by atoms with Crippen molar-refractivity contribution in [1.29, 1.82) is 0 Å². The van der Waals surface area contributed by atoms with E-state index in [-0.39, 0.29) is 11.7 Å². The maximum Gasteiger partial charge on any atom is 0.254 e. The molecule has 0 radical (unpaired) electrons. The average molecular weight is 299 g/mol. The summed E-state index contributed by atoms with van der Waals surface area (Å²) >= 11 is 1.66. The van der Waals surface area contributed by atoms with Gasteiger partial charge in [0.2, 0.25) is 0 Å². The first-order chi connectivity index (χ1) is 10.2. The van der Waals surface area contributed by atoms with Gasteiger partial charge in [-0.15, -0.1) is 11.8 Å². The number of hydrogen-bond donors (Lipinski definition) is 1. The highest BCUT2D eigenvalue weighted by atomic mass is 32.2. The zero-order valence-corrected chi connectivity index (χ0v) is 12.7. The van der Waals surface area contributed by atoms with E-state index in [1.165, 1.54) is 5.56 Å². The molecule has 0 saturated heterocycles. The van der Waals surface area contributed by atoms with Crippen LogP contribution in [-0.2, 0) is 13.0 Å². The maximum atomic E-state index is 12.6. The molecule has 0 aliphatic carbocycles. The molecular weight excluding hydrogens is 282 g/mol. The summed E-state index contributed by atoms with van der Waals surface area (Å²) in [6, 6.07) is 13.1. The van der Waals surface area contributed by atoms with Gasteiger partial charge < -0.3 is 10.0 Å². The summed E-state index contributed by atoms with van der Waals surface area (Å²) in [5.74, 6) is 0.309. The Morgan fingerprint density at radius 2 is 1.90 bits per heavy atom. The van der Waals surface area contributed by atoms with Crippen molar-refractivity contribution in [2.75, 3.05) is 12.8 Å². The lowest BCUT2D eigenvalue weighted by Gasteiger charge is -2.29. The van der Waals surface area contributed by atoms with Crippen LogP contribution in [0.3, 0.4) is 0 Å². The standard InChI is InChI=1S/C17H17NO2S/c1-21-16-6-3-13(4-7-16)17(20)18-9-8-12-2-5-15(19)10-14(12)11-18/h2-7,10,19H,8-9,11H2,1H3. The summed E-state index contributed by atoms with van der Waals surface area (Å²) in [5, 5.41) is 9.58. The molecule has 0 spiro atoms. The molecule has 21 heavy (non-hydrogen) atoms. The van der Waals surface area contributed by atoms with Crippen LogP contribution in [0.2, 0.25) is 0 Å². The van der Waals surface area contributed by atoms with Crippen LogP contribution in [0.15, 0.2) is 47.4 Å². The number of phenols is 1. The number of fused-ring (bicyclic) bond motifs is 1. The Kier molecular flexibility index (Phi) is 3.88. The third-order valence-electron chi connectivity index (χ3n) is 3.83. The quantitative estimate of drug-likeness (QED) is 0.865. The Morgan fingerprint density at radius 3 is 2.62 bits per heavy atom. The number of amides is 1. The van der Waals surface area contributed by atoms with Crippen molar-refractivity contribution < 1.29 is 9.90 Å². The van der Waals surface area contributed by atoms with Crippen LogP contribution in [0.4, 0.5) is 0 Å². The fraction of sp³-hybridized carbons (Fsp3) is 0.235. The van der Waals surface area contributed by atoms with Crippen LogP contribution in [-0.4, -0.2) is 28.7 Å². The molecule has 2 aromatic rings. The molecule has 1 aliphatic rings. The van der Waals surface area contributed by atoms with Gasteiger partial charge in [0, 0.05) is 23.5 Å². The molecule has 0 aromatic heterocycles. The number of phenolic OH excluding ortho intramolecular Hbond substituents is 1. The average Bonchev–Trinajstić information content (AvgIpc) is 2.53. The SMILES string of the molecule is CSc1ccc(C(=O)N2CCc3ccc(O)cc3C2)cc1. The molecule has 0 fully saturated rings. The molecule has 1 aliphatic heterocycles. The third kappa shape index (κ3) is 2.90. The van der Waals surface area contributed by atoms with Crippen molar-refractivity contribution in [3.8, 4) is 5.75 Å². The van der Waals surface area contributed by atoms with Crippen molar-refractivity contribution in [3.05, 3.63) is 59.2 Å². The molecule has 1 N–H and O–H groups in total. The van der Waals surface area contributed by atoms with E-state index in [0.29, 0.717) is 6.54 Å². The van der Waals surface area contributed by atoms with Gasteiger partial charge in [0.1, 0.15) is 5.75 Å². The number of benzene rings is 2. The first-order valence-corrected chi connectivity index (χ1v) is 8.14. The van der Waals surface area contributed by atoms with Crippen LogP contribution < -0.4 is 0 Å². The van der Waals surface area contributed by atoms with Gasteiger partial charge in [-0.1, -0.05) is 6.07 Å². The minimum atomic E-state index is 0.0524. The molecule has 2 aromatic carbocycles. The highest BCUT2D eigenvalue weighted by Crippen LogP contribution is 2.24. The molecule has 0 unspecified atom stereocenters. The summed E-state index contributed by atoms with van der Waals surface area (Å²) in [4.78, 5) is 15.5. The Morgan fingerprint density at radius 1 is 1.14 bits per heavy atom. The lowest BCUT2D eigenvalue weighted by Crippen LogP contribution is -2.35. The minimum absolute atomic E-state index is 0.0524. The number of aromatic hydroxyl groups is 1. The van der Waals surface area contributed by atoms with E-state index < -0.39 is 0 Å². The van der Waals surface area contributed by atoms with Crippen molar-refractivity contribution in [3.63, 3.8) is 0 Å². The van der Waals surface area contributed by atoms with E-state index in [1.54, 1.807) is 23.9 Å². The molecule has 4 heteroatoms. The fourth-order valence-corrected chi connectivity index (χ4v) is 3.04. The molecule has 3 rings (SSSR count). The highest BCUT2D eigenvalue weighted by Gasteiger charge is 2.21. The van der Waals surface area contributed by atoms with Gasteiger partial charge in [0.15, 0.2) is 0 Å². The second-order valence-electron chi connectivity index (χ2n) is 5.16. The van der Waals surface area contributed by atoms with Crippen molar-refractivity contribution in [2.24, 2.45) is 0 Å². The second-order valence-corrected chi connectivity index (χ2v) is 6.04. The summed E-state index contributed by atoms with van der Waals surface area (Å²) in [5.41, 5.74) is 2.97. The van der Waals surface area contributed by atoms with Crippen LogP contribution in [0.5, 0.6) is 5.75 Å². The summed E-state index contributed by atoms with van der Waals surface area (Å²) in [6.07, 6.45) is 2.86. The molecule has 3 nitrogen and oxygen atoms in total. The third-order valence-corrected chi connectivity index (χ3v) is 4.57. The van der Waals surface area contributed by atoms with Gasteiger partial charge >= 0.3 is 0 Å². The van der Waals surface area contributed by atoms with Crippen molar-refractivity contribution in [2.45, 2.75) is 17.9 Å². The monoisotopic (exact) mass is 299 g/mol. The van der Waals surface area contributed by atoms with Crippen LogP contribution in [0, 0.1) is 0 Å². The fourth-order valence-electron chi connectivity index (χ4n) is 2.63. The van der Waals surface area contributed by atoms with E-state index >= 15 is 0 Å². The Bertz CT molecular complexity index is 667. The Hall–Kier alpha value is -1.94.